The normalized spacial score (nSPS) is 16.8. The second-order valence-electron chi connectivity index (χ2n) is 11.5. The fourth-order valence-electron chi connectivity index (χ4n) is 6.62. The lowest BCUT2D eigenvalue weighted by atomic mass is 10.1. The highest BCUT2D eigenvalue weighted by molar-refractivity contribution is 5.91. The summed E-state index contributed by atoms with van der Waals surface area (Å²) in [5.74, 6) is 0.904. The summed E-state index contributed by atoms with van der Waals surface area (Å²) in [5, 5.41) is 0. The third kappa shape index (κ3) is 4.86. The quantitative estimate of drug-likeness (QED) is 0.284. The SMILES string of the molecule is CCc1ccc(-c2nc3c(N4CCN(Cc5ccc6c(c5)[nH]c(=O)c(=O)n6C5CCCC5)CC4)cccc3[nH]2)cc1. The molecule has 3 aromatic carbocycles. The molecule has 3 heterocycles. The van der Waals surface area contributed by atoms with Crippen molar-refractivity contribution < 1.29 is 0 Å². The Bertz CT molecular complexity index is 1820. The number of para-hydroxylation sites is 1. The fourth-order valence-corrected chi connectivity index (χ4v) is 6.62. The summed E-state index contributed by atoms with van der Waals surface area (Å²) in [6, 6.07) is 21.3. The monoisotopic (exact) mass is 548 g/mol. The van der Waals surface area contributed by atoms with E-state index in [1.54, 1.807) is 4.57 Å². The molecule has 1 aliphatic heterocycles. The first-order valence-corrected chi connectivity index (χ1v) is 14.9. The zero-order valence-corrected chi connectivity index (χ0v) is 23.5. The van der Waals surface area contributed by atoms with Crippen LogP contribution in [0.3, 0.4) is 0 Å². The molecule has 210 valence electrons. The van der Waals surface area contributed by atoms with E-state index in [-0.39, 0.29) is 6.04 Å². The molecule has 8 heteroatoms. The number of anilines is 1. The smallest absolute Gasteiger partial charge is 0.316 e. The summed E-state index contributed by atoms with van der Waals surface area (Å²) in [7, 11) is 0. The van der Waals surface area contributed by atoms with Crippen LogP contribution in [0.5, 0.6) is 0 Å². The van der Waals surface area contributed by atoms with E-state index in [1.807, 2.05) is 12.1 Å². The van der Waals surface area contributed by atoms with E-state index in [2.05, 4.69) is 75.2 Å². The van der Waals surface area contributed by atoms with Gasteiger partial charge in [-0.1, -0.05) is 56.2 Å². The van der Waals surface area contributed by atoms with Crippen molar-refractivity contribution in [2.75, 3.05) is 31.1 Å². The average molecular weight is 549 g/mol. The largest absolute Gasteiger partial charge is 0.367 e. The molecule has 2 N–H and O–H groups in total. The number of nitrogens with zero attached hydrogens (tertiary/aromatic N) is 4. The lowest BCUT2D eigenvalue weighted by Crippen LogP contribution is -2.46. The number of hydrogen-bond acceptors (Lipinski definition) is 5. The lowest BCUT2D eigenvalue weighted by Gasteiger charge is -2.36. The maximum absolute atomic E-state index is 12.7. The van der Waals surface area contributed by atoms with Gasteiger partial charge in [0, 0.05) is 44.3 Å². The van der Waals surface area contributed by atoms with Crippen molar-refractivity contribution in [3.05, 3.63) is 92.5 Å². The Morgan fingerprint density at radius 2 is 1.61 bits per heavy atom. The third-order valence-electron chi connectivity index (χ3n) is 8.92. The molecule has 8 nitrogen and oxygen atoms in total. The van der Waals surface area contributed by atoms with Crippen LogP contribution in [0.4, 0.5) is 5.69 Å². The van der Waals surface area contributed by atoms with Crippen LogP contribution in [0.1, 0.15) is 49.8 Å². The summed E-state index contributed by atoms with van der Waals surface area (Å²) in [6.45, 7) is 6.67. The average Bonchev–Trinajstić information content (AvgIpc) is 3.69. The predicted molar refractivity (Wildman–Crippen MR) is 165 cm³/mol. The van der Waals surface area contributed by atoms with E-state index >= 15 is 0 Å². The van der Waals surface area contributed by atoms with E-state index in [0.29, 0.717) is 0 Å². The molecule has 2 aromatic heterocycles. The molecule has 1 aliphatic carbocycles. The van der Waals surface area contributed by atoms with Crippen LogP contribution in [0.2, 0.25) is 0 Å². The predicted octanol–water partition coefficient (Wildman–Crippen LogP) is 5.23. The zero-order chi connectivity index (χ0) is 27.9. The van der Waals surface area contributed by atoms with Crippen LogP contribution >= 0.6 is 0 Å². The summed E-state index contributed by atoms with van der Waals surface area (Å²) in [6.07, 6.45) is 5.17. The molecule has 41 heavy (non-hydrogen) atoms. The van der Waals surface area contributed by atoms with Gasteiger partial charge < -0.3 is 14.9 Å². The van der Waals surface area contributed by atoms with Crippen LogP contribution in [0, 0.1) is 0 Å². The van der Waals surface area contributed by atoms with E-state index < -0.39 is 11.1 Å². The van der Waals surface area contributed by atoms with Gasteiger partial charge in [0.25, 0.3) is 0 Å². The van der Waals surface area contributed by atoms with Gasteiger partial charge in [-0.2, -0.15) is 0 Å². The Labute approximate surface area is 238 Å². The molecule has 2 fully saturated rings. The van der Waals surface area contributed by atoms with Gasteiger partial charge in [0.15, 0.2) is 0 Å². The van der Waals surface area contributed by atoms with Crippen molar-refractivity contribution in [3.8, 4) is 11.4 Å². The second-order valence-corrected chi connectivity index (χ2v) is 11.5. The Kier molecular flexibility index (Phi) is 6.71. The van der Waals surface area contributed by atoms with E-state index in [9.17, 15) is 9.59 Å². The van der Waals surface area contributed by atoms with Crippen molar-refractivity contribution in [3.63, 3.8) is 0 Å². The maximum atomic E-state index is 12.7. The van der Waals surface area contributed by atoms with Gasteiger partial charge in [0.05, 0.1) is 22.2 Å². The number of nitrogens with one attached hydrogen (secondary N) is 2. The number of imidazole rings is 1. The minimum absolute atomic E-state index is 0.128. The molecule has 0 amide bonds. The Morgan fingerprint density at radius 1 is 0.854 bits per heavy atom. The molecule has 2 aliphatic rings. The molecule has 0 spiro atoms. The minimum Gasteiger partial charge on any atom is -0.367 e. The van der Waals surface area contributed by atoms with Gasteiger partial charge in [-0.3, -0.25) is 19.1 Å². The molecular weight excluding hydrogens is 512 g/mol. The fraction of sp³-hybridized carbons (Fsp3) is 0.364. The standard InChI is InChI=1S/C33H36N6O2/c1-2-22-10-13-24(14-11-22)31-34-26-8-5-9-29(30(26)36-31)38-18-16-37(17-19-38)21-23-12-15-28-27(20-23)35-32(40)33(41)39(28)25-6-3-4-7-25/h5,8-15,20,25H,2-4,6-7,16-19,21H2,1H3,(H,34,36)(H,35,40). The number of H-pyrrole nitrogens is 2. The summed E-state index contributed by atoms with van der Waals surface area (Å²) >= 11 is 0. The van der Waals surface area contributed by atoms with Crippen molar-refractivity contribution >= 4 is 27.8 Å². The number of aryl methyl sites for hydroxylation is 1. The Morgan fingerprint density at radius 3 is 2.37 bits per heavy atom. The van der Waals surface area contributed by atoms with Gasteiger partial charge in [-0.05, 0) is 54.7 Å². The van der Waals surface area contributed by atoms with Crippen molar-refractivity contribution in [2.45, 2.75) is 51.6 Å². The van der Waals surface area contributed by atoms with Crippen LogP contribution < -0.4 is 16.0 Å². The topological polar surface area (TPSA) is 90.0 Å². The third-order valence-corrected chi connectivity index (χ3v) is 8.92. The number of aromatic amines is 2. The van der Waals surface area contributed by atoms with E-state index in [0.717, 1.165) is 104 Å². The highest BCUT2D eigenvalue weighted by Crippen LogP contribution is 2.31. The van der Waals surface area contributed by atoms with Crippen molar-refractivity contribution in [2.24, 2.45) is 0 Å². The van der Waals surface area contributed by atoms with Crippen LogP contribution in [-0.4, -0.2) is 50.6 Å². The number of fused-ring (bicyclic) bond motifs is 2. The first-order valence-electron chi connectivity index (χ1n) is 14.9. The molecule has 1 saturated heterocycles. The second kappa shape index (κ2) is 10.7. The van der Waals surface area contributed by atoms with E-state index in [1.165, 1.54) is 11.3 Å². The van der Waals surface area contributed by atoms with Crippen LogP contribution in [-0.2, 0) is 13.0 Å². The van der Waals surface area contributed by atoms with Crippen molar-refractivity contribution in [1.29, 1.82) is 0 Å². The molecule has 0 unspecified atom stereocenters. The maximum Gasteiger partial charge on any atom is 0.316 e. The highest BCUT2D eigenvalue weighted by Gasteiger charge is 2.23. The molecule has 0 bridgehead atoms. The Balaban J connectivity index is 1.07. The number of aromatic nitrogens is 4. The first kappa shape index (κ1) is 25.8. The van der Waals surface area contributed by atoms with Gasteiger partial charge in [0.2, 0.25) is 0 Å². The summed E-state index contributed by atoms with van der Waals surface area (Å²) in [5.41, 5.74) is 7.45. The van der Waals surface area contributed by atoms with Gasteiger partial charge >= 0.3 is 11.1 Å². The minimum atomic E-state index is -0.524. The number of rotatable bonds is 6. The lowest BCUT2D eigenvalue weighted by molar-refractivity contribution is 0.250. The number of piperazine rings is 1. The molecule has 0 radical (unpaired) electrons. The van der Waals surface area contributed by atoms with Gasteiger partial charge in [-0.15, -0.1) is 0 Å². The van der Waals surface area contributed by atoms with Gasteiger partial charge in [-0.25, -0.2) is 4.98 Å². The molecule has 5 aromatic rings. The first-order chi connectivity index (χ1) is 20.1. The molecule has 1 saturated carbocycles. The molecule has 0 atom stereocenters. The van der Waals surface area contributed by atoms with E-state index in [4.69, 9.17) is 4.98 Å². The zero-order valence-electron chi connectivity index (χ0n) is 23.5. The highest BCUT2D eigenvalue weighted by atomic mass is 16.2. The van der Waals surface area contributed by atoms with Crippen LogP contribution in [0.25, 0.3) is 33.5 Å². The molecular formula is C33H36N6O2. The van der Waals surface area contributed by atoms with Gasteiger partial charge in [0.1, 0.15) is 11.3 Å². The summed E-state index contributed by atoms with van der Waals surface area (Å²) in [4.78, 5) is 41.4. The van der Waals surface area contributed by atoms with Crippen LogP contribution in [0.15, 0.2) is 70.3 Å². The van der Waals surface area contributed by atoms with Crippen molar-refractivity contribution in [1.82, 2.24) is 24.4 Å². The number of hydrogen-bond donors (Lipinski definition) is 2. The number of benzene rings is 3. The molecule has 7 rings (SSSR count). The Hall–Kier alpha value is -4.17. The summed E-state index contributed by atoms with van der Waals surface area (Å²) < 4.78 is 1.74.